The minimum Gasteiger partial charge on any atom is -0.392 e. The van der Waals surface area contributed by atoms with E-state index in [-0.39, 0.29) is 12.6 Å². The highest BCUT2D eigenvalue weighted by Crippen LogP contribution is 2.12. The maximum absolute atomic E-state index is 8.87. The lowest BCUT2D eigenvalue weighted by Crippen LogP contribution is -2.18. The molecule has 0 radical (unpaired) electrons. The number of rotatable bonds is 4. The van der Waals surface area contributed by atoms with Gasteiger partial charge in [-0.25, -0.2) is 0 Å². The van der Waals surface area contributed by atoms with Crippen molar-refractivity contribution in [3.05, 3.63) is 35.4 Å². The van der Waals surface area contributed by atoms with Crippen molar-refractivity contribution in [1.29, 1.82) is 0 Å². The average Bonchev–Trinajstić information content (AvgIpc) is 2.26. The van der Waals surface area contributed by atoms with Crippen LogP contribution in [0.3, 0.4) is 0 Å². The molecule has 14 heavy (non-hydrogen) atoms. The van der Waals surface area contributed by atoms with Gasteiger partial charge in [0.1, 0.15) is 0 Å². The van der Waals surface area contributed by atoms with Gasteiger partial charge in [-0.3, -0.25) is 5.32 Å². The molecule has 0 aromatic heterocycles. The molecule has 0 amide bonds. The van der Waals surface area contributed by atoms with Crippen LogP contribution in [0.1, 0.15) is 24.1 Å². The van der Waals surface area contributed by atoms with Crippen LogP contribution in [0.5, 0.6) is 0 Å². The van der Waals surface area contributed by atoms with Crippen molar-refractivity contribution in [2.24, 2.45) is 0 Å². The van der Waals surface area contributed by atoms with E-state index in [4.69, 9.17) is 11.5 Å². The smallest absolute Gasteiger partial charge is 0.0681 e. The summed E-state index contributed by atoms with van der Waals surface area (Å²) in [6.45, 7) is 2.72. The number of terminal acetylenes is 1. The molecule has 1 rings (SSSR count). The molecule has 0 bridgehead atoms. The zero-order valence-corrected chi connectivity index (χ0v) is 8.33. The van der Waals surface area contributed by atoms with Crippen LogP contribution in [0.25, 0.3) is 0 Å². The van der Waals surface area contributed by atoms with Crippen LogP contribution in [0.15, 0.2) is 24.3 Å². The second-order valence-electron chi connectivity index (χ2n) is 3.21. The van der Waals surface area contributed by atoms with Gasteiger partial charge in [0.15, 0.2) is 0 Å². The third kappa shape index (κ3) is 2.88. The molecule has 0 saturated heterocycles. The Hall–Kier alpha value is -1.30. The van der Waals surface area contributed by atoms with E-state index >= 15 is 0 Å². The molecule has 1 aromatic carbocycles. The first-order valence-corrected chi connectivity index (χ1v) is 4.64. The molecular weight excluding hydrogens is 174 g/mol. The molecule has 74 valence electrons. The van der Waals surface area contributed by atoms with Crippen LogP contribution < -0.4 is 5.32 Å². The van der Waals surface area contributed by atoms with Gasteiger partial charge in [0.05, 0.1) is 13.2 Å². The van der Waals surface area contributed by atoms with Crippen molar-refractivity contribution in [3.63, 3.8) is 0 Å². The molecule has 2 N–H and O–H groups in total. The molecule has 0 aliphatic heterocycles. The second kappa shape index (κ2) is 5.43. The average molecular weight is 189 g/mol. The highest BCUT2D eigenvalue weighted by Gasteiger charge is 2.02. The van der Waals surface area contributed by atoms with Crippen LogP contribution in [0, 0.1) is 12.3 Å². The normalized spacial score (nSPS) is 12.1. The third-order valence-corrected chi connectivity index (χ3v) is 2.17. The molecule has 1 unspecified atom stereocenters. The van der Waals surface area contributed by atoms with Crippen LogP contribution in [0.4, 0.5) is 0 Å². The first kappa shape index (κ1) is 10.8. The van der Waals surface area contributed by atoms with Crippen LogP contribution in [-0.4, -0.2) is 11.7 Å². The molecule has 0 aliphatic rings. The number of hydrogen-bond donors (Lipinski definition) is 2. The lowest BCUT2D eigenvalue weighted by atomic mass is 10.1. The van der Waals surface area contributed by atoms with Gasteiger partial charge in [-0.05, 0) is 18.1 Å². The molecular formula is C12H15NO. The number of benzene rings is 1. The number of aliphatic hydroxyl groups is 1. The van der Waals surface area contributed by atoms with Crippen molar-refractivity contribution >= 4 is 0 Å². The molecule has 2 nitrogen and oxygen atoms in total. The molecule has 0 heterocycles. The van der Waals surface area contributed by atoms with Crippen molar-refractivity contribution < 1.29 is 5.11 Å². The van der Waals surface area contributed by atoms with Crippen molar-refractivity contribution in [3.8, 4) is 12.3 Å². The Balaban J connectivity index is 2.62. The largest absolute Gasteiger partial charge is 0.392 e. The summed E-state index contributed by atoms with van der Waals surface area (Å²) in [6.07, 6.45) is 5.15. The van der Waals surface area contributed by atoms with Gasteiger partial charge in [-0.2, -0.15) is 0 Å². The lowest BCUT2D eigenvalue weighted by molar-refractivity contribution is 0.282. The van der Waals surface area contributed by atoms with E-state index in [1.54, 1.807) is 0 Å². The summed E-state index contributed by atoms with van der Waals surface area (Å²) in [5, 5.41) is 12.1. The maximum atomic E-state index is 8.87. The van der Waals surface area contributed by atoms with Gasteiger partial charge >= 0.3 is 0 Å². The van der Waals surface area contributed by atoms with E-state index in [9.17, 15) is 0 Å². The van der Waals surface area contributed by atoms with Crippen molar-refractivity contribution in [1.82, 2.24) is 5.32 Å². The summed E-state index contributed by atoms with van der Waals surface area (Å²) < 4.78 is 0. The Morgan fingerprint density at radius 1 is 1.43 bits per heavy atom. The maximum Gasteiger partial charge on any atom is 0.0681 e. The summed E-state index contributed by atoms with van der Waals surface area (Å²) in [7, 11) is 0. The Morgan fingerprint density at radius 2 is 2.07 bits per heavy atom. The molecule has 1 atom stereocenters. The zero-order valence-electron chi connectivity index (χ0n) is 8.33. The van der Waals surface area contributed by atoms with Gasteiger partial charge < -0.3 is 5.11 Å². The third-order valence-electron chi connectivity index (χ3n) is 2.17. The zero-order chi connectivity index (χ0) is 10.4. The monoisotopic (exact) mass is 189 g/mol. The number of hydrogen-bond acceptors (Lipinski definition) is 2. The standard InChI is InChI=1S/C12H15NO/c1-3-8-13-10(2)12-6-4-11(9-14)5-7-12/h1,4-7,10,13-14H,8-9H2,2H3. The molecule has 0 spiro atoms. The van der Waals surface area contributed by atoms with Crippen molar-refractivity contribution in [2.75, 3.05) is 6.54 Å². The molecule has 1 aromatic rings. The van der Waals surface area contributed by atoms with E-state index in [1.165, 1.54) is 5.56 Å². The summed E-state index contributed by atoms with van der Waals surface area (Å²) in [5.74, 6) is 2.54. The summed E-state index contributed by atoms with van der Waals surface area (Å²) in [4.78, 5) is 0. The summed E-state index contributed by atoms with van der Waals surface area (Å²) >= 11 is 0. The lowest BCUT2D eigenvalue weighted by Gasteiger charge is -2.12. The van der Waals surface area contributed by atoms with Crippen molar-refractivity contribution in [2.45, 2.75) is 19.6 Å². The Labute approximate surface area is 85.0 Å². The van der Waals surface area contributed by atoms with E-state index < -0.39 is 0 Å². The first-order chi connectivity index (χ1) is 6.77. The molecule has 0 fully saturated rings. The fourth-order valence-electron chi connectivity index (χ4n) is 1.24. The quantitative estimate of drug-likeness (QED) is 0.703. The minimum absolute atomic E-state index is 0.0897. The van der Waals surface area contributed by atoms with Gasteiger partial charge in [0.2, 0.25) is 0 Å². The Kier molecular flexibility index (Phi) is 4.18. The number of aliphatic hydroxyl groups excluding tert-OH is 1. The SMILES string of the molecule is C#CCNC(C)c1ccc(CO)cc1. The van der Waals surface area contributed by atoms with Gasteiger partial charge in [0.25, 0.3) is 0 Å². The number of nitrogens with one attached hydrogen (secondary N) is 1. The summed E-state index contributed by atoms with van der Waals surface area (Å²) in [5.41, 5.74) is 2.11. The highest BCUT2D eigenvalue weighted by molar-refractivity contribution is 5.24. The molecule has 2 heteroatoms. The van der Waals surface area contributed by atoms with Crippen LogP contribution in [0.2, 0.25) is 0 Å². The van der Waals surface area contributed by atoms with E-state index in [1.807, 2.05) is 24.3 Å². The fraction of sp³-hybridized carbons (Fsp3) is 0.333. The predicted octanol–water partition coefficient (Wildman–Crippen LogP) is 1.46. The first-order valence-electron chi connectivity index (χ1n) is 4.64. The van der Waals surface area contributed by atoms with Crippen LogP contribution in [-0.2, 0) is 6.61 Å². The van der Waals surface area contributed by atoms with E-state index in [0.717, 1.165) is 5.56 Å². The molecule has 0 aliphatic carbocycles. The van der Waals surface area contributed by atoms with Gasteiger partial charge in [-0.1, -0.05) is 30.2 Å². The Bertz CT molecular complexity index is 310. The Morgan fingerprint density at radius 3 is 2.57 bits per heavy atom. The highest BCUT2D eigenvalue weighted by atomic mass is 16.3. The predicted molar refractivity (Wildman–Crippen MR) is 57.6 cm³/mol. The minimum atomic E-state index is 0.0897. The second-order valence-corrected chi connectivity index (χ2v) is 3.21. The fourth-order valence-corrected chi connectivity index (χ4v) is 1.24. The van der Waals surface area contributed by atoms with Gasteiger partial charge in [0, 0.05) is 6.04 Å². The topological polar surface area (TPSA) is 32.3 Å². The molecule has 0 saturated carbocycles. The van der Waals surface area contributed by atoms with E-state index in [2.05, 4.69) is 18.2 Å². The van der Waals surface area contributed by atoms with Gasteiger partial charge in [-0.15, -0.1) is 6.42 Å². The summed E-state index contributed by atoms with van der Waals surface area (Å²) in [6, 6.07) is 8.09. The van der Waals surface area contributed by atoms with Crippen LogP contribution >= 0.6 is 0 Å². The van der Waals surface area contributed by atoms with E-state index in [0.29, 0.717) is 6.54 Å².